The Balaban J connectivity index is 2.37. The van der Waals surface area contributed by atoms with E-state index in [1.54, 1.807) is 6.07 Å². The van der Waals surface area contributed by atoms with E-state index in [1.165, 1.54) is 6.33 Å². The molecule has 0 aliphatic carbocycles. The molecule has 0 aliphatic rings. The molecule has 0 unspecified atom stereocenters. The van der Waals surface area contributed by atoms with Crippen LogP contribution in [0.4, 0.5) is 0 Å². The van der Waals surface area contributed by atoms with Crippen molar-refractivity contribution in [2.75, 3.05) is 0 Å². The Bertz CT molecular complexity index is 573. The van der Waals surface area contributed by atoms with E-state index in [-0.39, 0.29) is 0 Å². The van der Waals surface area contributed by atoms with Crippen molar-refractivity contribution < 1.29 is 4.74 Å². The van der Waals surface area contributed by atoms with Gasteiger partial charge in [-0.1, -0.05) is 30.1 Å². The SMILES string of the molecule is CCc1c(Cl)ncnc1Oc1ccc(Cl)cc1C. The Morgan fingerprint density at radius 2 is 2.00 bits per heavy atom. The van der Waals surface area contributed by atoms with E-state index in [0.717, 1.165) is 11.1 Å². The molecule has 0 bridgehead atoms. The monoisotopic (exact) mass is 282 g/mol. The first-order chi connectivity index (χ1) is 8.61. The maximum absolute atomic E-state index is 6.01. The molecule has 0 spiro atoms. The number of ether oxygens (including phenoxy) is 1. The minimum atomic E-state index is 0.425. The zero-order chi connectivity index (χ0) is 13.1. The van der Waals surface area contributed by atoms with E-state index in [1.807, 2.05) is 26.0 Å². The average molecular weight is 283 g/mol. The van der Waals surface area contributed by atoms with Crippen LogP contribution in [-0.4, -0.2) is 9.97 Å². The molecule has 3 nitrogen and oxygen atoms in total. The van der Waals surface area contributed by atoms with Gasteiger partial charge in [0.2, 0.25) is 5.88 Å². The zero-order valence-electron chi connectivity index (χ0n) is 10.1. The number of rotatable bonds is 3. The second kappa shape index (κ2) is 5.55. The van der Waals surface area contributed by atoms with Crippen LogP contribution in [0.5, 0.6) is 11.6 Å². The number of aromatic nitrogens is 2. The van der Waals surface area contributed by atoms with Gasteiger partial charge in [0.05, 0.1) is 5.56 Å². The van der Waals surface area contributed by atoms with Crippen LogP contribution in [0.25, 0.3) is 0 Å². The summed E-state index contributed by atoms with van der Waals surface area (Å²) in [4.78, 5) is 8.06. The van der Waals surface area contributed by atoms with Gasteiger partial charge in [-0.2, -0.15) is 0 Å². The van der Waals surface area contributed by atoms with Crippen LogP contribution in [0.15, 0.2) is 24.5 Å². The Morgan fingerprint density at radius 3 is 2.67 bits per heavy atom. The van der Waals surface area contributed by atoms with Crippen molar-refractivity contribution in [3.8, 4) is 11.6 Å². The Labute approximate surface area is 116 Å². The van der Waals surface area contributed by atoms with Crippen LogP contribution in [0.1, 0.15) is 18.1 Å². The largest absolute Gasteiger partial charge is 0.438 e. The van der Waals surface area contributed by atoms with E-state index in [4.69, 9.17) is 27.9 Å². The topological polar surface area (TPSA) is 35.0 Å². The molecule has 0 fully saturated rings. The summed E-state index contributed by atoms with van der Waals surface area (Å²) >= 11 is 11.9. The van der Waals surface area contributed by atoms with Crippen molar-refractivity contribution in [3.05, 3.63) is 45.8 Å². The first-order valence-corrected chi connectivity index (χ1v) is 6.30. The molecular weight excluding hydrogens is 271 g/mol. The minimum absolute atomic E-state index is 0.425. The Kier molecular flexibility index (Phi) is 4.04. The second-order valence-corrected chi connectivity index (χ2v) is 4.61. The van der Waals surface area contributed by atoms with Gasteiger partial charge >= 0.3 is 0 Å². The number of halogens is 2. The van der Waals surface area contributed by atoms with Gasteiger partial charge < -0.3 is 4.74 Å². The molecule has 18 heavy (non-hydrogen) atoms. The van der Waals surface area contributed by atoms with Crippen LogP contribution in [0.3, 0.4) is 0 Å². The summed E-state index contributed by atoms with van der Waals surface area (Å²) in [5.74, 6) is 1.20. The highest BCUT2D eigenvalue weighted by Crippen LogP contribution is 2.30. The summed E-state index contributed by atoms with van der Waals surface area (Å²) in [5, 5.41) is 1.10. The van der Waals surface area contributed by atoms with Crippen molar-refractivity contribution in [1.29, 1.82) is 0 Å². The van der Waals surface area contributed by atoms with Gasteiger partial charge in [0.15, 0.2) is 0 Å². The van der Waals surface area contributed by atoms with Gasteiger partial charge in [-0.3, -0.25) is 0 Å². The third-order valence-electron chi connectivity index (χ3n) is 2.55. The lowest BCUT2D eigenvalue weighted by Crippen LogP contribution is -1.97. The van der Waals surface area contributed by atoms with E-state index in [2.05, 4.69) is 9.97 Å². The van der Waals surface area contributed by atoms with Gasteiger partial charge in [0.25, 0.3) is 0 Å². The molecule has 0 amide bonds. The molecule has 1 aromatic heterocycles. The smallest absolute Gasteiger partial charge is 0.227 e. The predicted octanol–water partition coefficient (Wildman–Crippen LogP) is 4.45. The van der Waals surface area contributed by atoms with Gasteiger partial charge in [-0.05, 0) is 37.1 Å². The summed E-state index contributed by atoms with van der Waals surface area (Å²) in [6.45, 7) is 3.90. The summed E-state index contributed by atoms with van der Waals surface area (Å²) in [6, 6.07) is 5.43. The molecule has 94 valence electrons. The van der Waals surface area contributed by atoms with Gasteiger partial charge in [-0.25, -0.2) is 9.97 Å². The normalized spacial score (nSPS) is 10.4. The van der Waals surface area contributed by atoms with Crippen molar-refractivity contribution in [3.63, 3.8) is 0 Å². The third kappa shape index (κ3) is 2.74. The van der Waals surface area contributed by atoms with Crippen LogP contribution in [0.2, 0.25) is 10.2 Å². The van der Waals surface area contributed by atoms with Crippen LogP contribution in [-0.2, 0) is 6.42 Å². The number of aryl methyl sites for hydroxylation is 1. The summed E-state index contributed by atoms with van der Waals surface area (Å²) in [6.07, 6.45) is 2.10. The van der Waals surface area contributed by atoms with E-state index in [0.29, 0.717) is 28.2 Å². The van der Waals surface area contributed by atoms with Crippen LogP contribution in [0, 0.1) is 6.92 Å². The van der Waals surface area contributed by atoms with Crippen LogP contribution >= 0.6 is 23.2 Å². The average Bonchev–Trinajstić information content (AvgIpc) is 2.33. The summed E-state index contributed by atoms with van der Waals surface area (Å²) in [7, 11) is 0. The molecular formula is C13H12Cl2N2O. The van der Waals surface area contributed by atoms with Crippen molar-refractivity contribution >= 4 is 23.2 Å². The fraction of sp³-hybridized carbons (Fsp3) is 0.231. The third-order valence-corrected chi connectivity index (χ3v) is 3.11. The number of nitrogens with zero attached hydrogens (tertiary/aromatic N) is 2. The highest BCUT2D eigenvalue weighted by molar-refractivity contribution is 6.30. The predicted molar refractivity (Wildman–Crippen MR) is 72.7 cm³/mol. The van der Waals surface area contributed by atoms with E-state index < -0.39 is 0 Å². The van der Waals surface area contributed by atoms with Crippen molar-refractivity contribution in [2.24, 2.45) is 0 Å². The number of hydrogen-bond acceptors (Lipinski definition) is 3. The first kappa shape index (κ1) is 13.1. The first-order valence-electron chi connectivity index (χ1n) is 5.55. The molecule has 0 radical (unpaired) electrons. The van der Waals surface area contributed by atoms with Crippen molar-refractivity contribution in [2.45, 2.75) is 20.3 Å². The molecule has 2 rings (SSSR count). The van der Waals surface area contributed by atoms with Crippen molar-refractivity contribution in [1.82, 2.24) is 9.97 Å². The maximum atomic E-state index is 6.01. The molecule has 0 N–H and O–H groups in total. The van der Waals surface area contributed by atoms with Crippen LogP contribution < -0.4 is 4.74 Å². The highest BCUT2D eigenvalue weighted by atomic mass is 35.5. The Morgan fingerprint density at radius 1 is 1.22 bits per heavy atom. The fourth-order valence-electron chi connectivity index (χ4n) is 1.59. The Hall–Kier alpha value is -1.32. The highest BCUT2D eigenvalue weighted by Gasteiger charge is 2.11. The molecule has 2 aromatic rings. The van der Waals surface area contributed by atoms with E-state index in [9.17, 15) is 0 Å². The number of benzene rings is 1. The summed E-state index contributed by atoms with van der Waals surface area (Å²) < 4.78 is 5.77. The standard InChI is InChI=1S/C13H12Cl2N2O/c1-3-10-12(15)16-7-17-13(10)18-11-5-4-9(14)6-8(11)2/h4-7H,3H2,1-2H3. The molecule has 0 aliphatic heterocycles. The lowest BCUT2D eigenvalue weighted by atomic mass is 10.2. The molecule has 0 atom stereocenters. The lowest BCUT2D eigenvalue weighted by Gasteiger charge is -2.11. The fourth-order valence-corrected chi connectivity index (χ4v) is 2.08. The molecule has 1 heterocycles. The molecule has 0 saturated carbocycles. The quantitative estimate of drug-likeness (QED) is 0.781. The van der Waals surface area contributed by atoms with Gasteiger partial charge in [-0.15, -0.1) is 0 Å². The summed E-state index contributed by atoms with van der Waals surface area (Å²) in [5.41, 5.74) is 1.74. The molecule has 0 saturated heterocycles. The van der Waals surface area contributed by atoms with Gasteiger partial charge in [0, 0.05) is 5.02 Å². The number of hydrogen-bond donors (Lipinski definition) is 0. The lowest BCUT2D eigenvalue weighted by molar-refractivity contribution is 0.452. The van der Waals surface area contributed by atoms with E-state index >= 15 is 0 Å². The minimum Gasteiger partial charge on any atom is -0.438 e. The van der Waals surface area contributed by atoms with Gasteiger partial charge in [0.1, 0.15) is 17.2 Å². The molecule has 5 heteroatoms. The second-order valence-electron chi connectivity index (χ2n) is 3.81. The molecule has 1 aromatic carbocycles. The maximum Gasteiger partial charge on any atom is 0.227 e. The zero-order valence-corrected chi connectivity index (χ0v) is 11.6.